The summed E-state index contributed by atoms with van der Waals surface area (Å²) in [5.74, 6) is -3.83. The zero-order chi connectivity index (χ0) is 19.1. The van der Waals surface area contributed by atoms with Gasteiger partial charge in [0.25, 0.3) is 17.4 Å². The lowest BCUT2D eigenvalue weighted by atomic mass is 9.88. The largest absolute Gasteiger partial charge is 0.371 e. The van der Waals surface area contributed by atoms with E-state index < -0.39 is 24.0 Å². The van der Waals surface area contributed by atoms with Crippen molar-refractivity contribution in [3.63, 3.8) is 0 Å². The SMILES string of the molecule is CCn1ccc2c(C(=O)NC3(O)CCCC(F)(F)C3)c(Cl)ccc2c1=O. The van der Waals surface area contributed by atoms with Crippen LogP contribution in [0, 0.1) is 0 Å². The third kappa shape index (κ3) is 3.46. The van der Waals surface area contributed by atoms with Gasteiger partial charge in [0.2, 0.25) is 0 Å². The van der Waals surface area contributed by atoms with Gasteiger partial charge in [-0.25, -0.2) is 8.78 Å². The average molecular weight is 385 g/mol. The third-order valence-corrected chi connectivity index (χ3v) is 5.02. The molecule has 1 aliphatic rings. The van der Waals surface area contributed by atoms with Gasteiger partial charge in [-0.15, -0.1) is 0 Å². The number of benzene rings is 1. The van der Waals surface area contributed by atoms with E-state index >= 15 is 0 Å². The number of alkyl halides is 2. The van der Waals surface area contributed by atoms with Gasteiger partial charge in [0, 0.05) is 29.9 Å². The Hall–Kier alpha value is -1.99. The Morgan fingerprint density at radius 1 is 1.31 bits per heavy atom. The summed E-state index contributed by atoms with van der Waals surface area (Å²) in [5, 5.41) is 13.4. The molecule has 0 spiro atoms. The van der Waals surface area contributed by atoms with Gasteiger partial charge in [-0.3, -0.25) is 9.59 Å². The van der Waals surface area contributed by atoms with Gasteiger partial charge >= 0.3 is 0 Å². The molecule has 0 bridgehead atoms. The molecule has 1 aliphatic carbocycles. The van der Waals surface area contributed by atoms with Crippen molar-refractivity contribution < 1.29 is 18.7 Å². The minimum Gasteiger partial charge on any atom is -0.371 e. The van der Waals surface area contributed by atoms with Crippen molar-refractivity contribution in [3.05, 3.63) is 45.3 Å². The molecule has 1 amide bonds. The number of hydrogen-bond donors (Lipinski definition) is 2. The monoisotopic (exact) mass is 384 g/mol. The van der Waals surface area contributed by atoms with Crippen LogP contribution in [0.15, 0.2) is 29.2 Å². The highest BCUT2D eigenvalue weighted by Gasteiger charge is 2.45. The van der Waals surface area contributed by atoms with Crippen molar-refractivity contribution >= 4 is 28.3 Å². The van der Waals surface area contributed by atoms with E-state index in [0.717, 1.165) is 0 Å². The molecule has 140 valence electrons. The molecule has 3 rings (SSSR count). The Morgan fingerprint density at radius 3 is 2.69 bits per heavy atom. The lowest BCUT2D eigenvalue weighted by molar-refractivity contribution is -0.132. The molecule has 1 heterocycles. The van der Waals surface area contributed by atoms with Crippen LogP contribution in [0.1, 0.15) is 43.0 Å². The maximum atomic E-state index is 13.6. The van der Waals surface area contributed by atoms with E-state index in [1.54, 1.807) is 12.3 Å². The Kier molecular flexibility index (Phi) is 4.79. The Morgan fingerprint density at radius 2 is 2.04 bits per heavy atom. The Balaban J connectivity index is 2.02. The van der Waals surface area contributed by atoms with Crippen LogP contribution in [-0.2, 0) is 6.54 Å². The summed E-state index contributed by atoms with van der Waals surface area (Å²) in [6, 6.07) is 4.52. The molecule has 8 heteroatoms. The molecule has 0 aliphatic heterocycles. The number of hydrogen-bond acceptors (Lipinski definition) is 3. The number of halogens is 3. The van der Waals surface area contributed by atoms with E-state index in [0.29, 0.717) is 17.3 Å². The Bertz CT molecular complexity index is 929. The zero-order valence-corrected chi connectivity index (χ0v) is 14.9. The summed E-state index contributed by atoms with van der Waals surface area (Å²) in [6.07, 6.45) is 0.488. The van der Waals surface area contributed by atoms with E-state index in [1.807, 2.05) is 6.92 Å². The quantitative estimate of drug-likeness (QED) is 0.797. The van der Waals surface area contributed by atoms with E-state index in [4.69, 9.17) is 11.6 Å². The number of pyridine rings is 1. The molecule has 5 nitrogen and oxygen atoms in total. The fraction of sp³-hybridized carbons (Fsp3) is 0.444. The van der Waals surface area contributed by atoms with Crippen LogP contribution >= 0.6 is 11.6 Å². The summed E-state index contributed by atoms with van der Waals surface area (Å²) in [4.78, 5) is 25.1. The van der Waals surface area contributed by atoms with Gasteiger partial charge in [-0.2, -0.15) is 0 Å². The molecule has 2 N–H and O–H groups in total. The first-order chi connectivity index (χ1) is 12.2. The van der Waals surface area contributed by atoms with Gasteiger partial charge in [0.1, 0.15) is 5.72 Å². The predicted molar refractivity (Wildman–Crippen MR) is 94.7 cm³/mol. The highest BCUT2D eigenvalue weighted by atomic mass is 35.5. The molecule has 1 aromatic carbocycles. The standard InChI is InChI=1S/C18H19ClF2N2O3/c1-2-23-9-6-11-12(16(23)25)4-5-13(19)14(11)15(24)22-18(26)8-3-7-17(20,21)10-18/h4-6,9,26H,2-3,7-8,10H2,1H3,(H,22,24). The number of nitrogens with zero attached hydrogens (tertiary/aromatic N) is 1. The summed E-state index contributed by atoms with van der Waals surface area (Å²) in [6.45, 7) is 2.28. The second kappa shape index (κ2) is 6.63. The molecule has 26 heavy (non-hydrogen) atoms. The molecule has 1 unspecified atom stereocenters. The molecule has 1 aromatic heterocycles. The van der Waals surface area contributed by atoms with Gasteiger partial charge in [0.15, 0.2) is 0 Å². The number of aliphatic hydroxyl groups is 1. The topological polar surface area (TPSA) is 71.3 Å². The molecule has 2 aromatic rings. The van der Waals surface area contributed by atoms with E-state index in [1.165, 1.54) is 16.7 Å². The summed E-state index contributed by atoms with van der Waals surface area (Å²) < 4.78 is 28.8. The molecular weight excluding hydrogens is 366 g/mol. The molecule has 0 saturated heterocycles. The van der Waals surface area contributed by atoms with Crippen LogP contribution in [0.4, 0.5) is 8.78 Å². The smallest absolute Gasteiger partial charge is 0.258 e. The van der Waals surface area contributed by atoms with E-state index in [-0.39, 0.29) is 35.4 Å². The number of carbonyl (C=O) groups excluding carboxylic acids is 1. The van der Waals surface area contributed by atoms with Gasteiger partial charge in [0.05, 0.1) is 17.0 Å². The van der Waals surface area contributed by atoms with Crippen LogP contribution in [0.2, 0.25) is 5.02 Å². The summed E-state index contributed by atoms with van der Waals surface area (Å²) in [5.41, 5.74) is -2.30. The first-order valence-corrected chi connectivity index (χ1v) is 8.78. The first kappa shape index (κ1) is 18.8. The maximum Gasteiger partial charge on any atom is 0.258 e. The lowest BCUT2D eigenvalue weighted by Crippen LogP contribution is -2.54. The Labute approximate surface area is 153 Å². The number of aromatic nitrogens is 1. The fourth-order valence-corrected chi connectivity index (χ4v) is 3.69. The van der Waals surface area contributed by atoms with Crippen LogP contribution in [0.25, 0.3) is 10.8 Å². The van der Waals surface area contributed by atoms with Crippen LogP contribution in [-0.4, -0.2) is 27.2 Å². The minimum absolute atomic E-state index is 0.00756. The van der Waals surface area contributed by atoms with Gasteiger partial charge in [-0.05, 0) is 38.0 Å². The summed E-state index contributed by atoms with van der Waals surface area (Å²) >= 11 is 6.14. The molecule has 1 saturated carbocycles. The minimum atomic E-state index is -3.04. The van der Waals surface area contributed by atoms with Gasteiger partial charge in [-0.1, -0.05) is 11.6 Å². The number of nitrogens with one attached hydrogen (secondary N) is 1. The number of amides is 1. The number of carbonyl (C=O) groups is 1. The van der Waals surface area contributed by atoms with Crippen LogP contribution in [0.3, 0.4) is 0 Å². The van der Waals surface area contributed by atoms with Crippen molar-refractivity contribution in [2.75, 3.05) is 0 Å². The normalized spacial score (nSPS) is 22.3. The molecule has 1 atom stereocenters. The fourth-order valence-electron chi connectivity index (χ4n) is 3.44. The second-order valence-corrected chi connectivity index (χ2v) is 7.07. The van der Waals surface area contributed by atoms with Crippen molar-refractivity contribution in [1.82, 2.24) is 9.88 Å². The zero-order valence-electron chi connectivity index (χ0n) is 14.2. The van der Waals surface area contributed by atoms with Crippen LogP contribution < -0.4 is 10.9 Å². The molecular formula is C18H19ClF2N2O3. The first-order valence-electron chi connectivity index (χ1n) is 8.40. The van der Waals surface area contributed by atoms with Crippen molar-refractivity contribution in [2.45, 2.75) is 50.8 Å². The highest BCUT2D eigenvalue weighted by Crippen LogP contribution is 2.38. The predicted octanol–water partition coefficient (Wildman–Crippen LogP) is 3.30. The number of aryl methyl sites for hydroxylation is 1. The van der Waals surface area contributed by atoms with E-state index in [2.05, 4.69) is 5.32 Å². The highest BCUT2D eigenvalue weighted by molar-refractivity contribution is 6.35. The molecule has 0 radical (unpaired) electrons. The maximum absolute atomic E-state index is 13.6. The third-order valence-electron chi connectivity index (χ3n) is 4.71. The van der Waals surface area contributed by atoms with Crippen LogP contribution in [0.5, 0.6) is 0 Å². The lowest BCUT2D eigenvalue weighted by Gasteiger charge is -2.37. The number of fused-ring (bicyclic) bond motifs is 1. The van der Waals surface area contributed by atoms with Gasteiger partial charge < -0.3 is 15.0 Å². The van der Waals surface area contributed by atoms with Crippen molar-refractivity contribution in [2.24, 2.45) is 0 Å². The van der Waals surface area contributed by atoms with Crippen molar-refractivity contribution in [1.29, 1.82) is 0 Å². The molecule has 1 fully saturated rings. The second-order valence-electron chi connectivity index (χ2n) is 6.66. The average Bonchev–Trinajstić information content (AvgIpc) is 2.53. The number of rotatable bonds is 3. The van der Waals surface area contributed by atoms with E-state index in [9.17, 15) is 23.5 Å². The summed E-state index contributed by atoms with van der Waals surface area (Å²) in [7, 11) is 0. The van der Waals surface area contributed by atoms with Crippen molar-refractivity contribution in [3.8, 4) is 0 Å².